The van der Waals surface area contributed by atoms with Crippen LogP contribution in [0.1, 0.15) is 30.8 Å². The molecule has 1 unspecified atom stereocenters. The first kappa shape index (κ1) is 14.7. The number of carboxylic acids is 1. The van der Waals surface area contributed by atoms with Gasteiger partial charge in [-0.25, -0.2) is 4.79 Å². The third-order valence-corrected chi connectivity index (χ3v) is 3.00. The molecule has 104 valence electrons. The number of carbonyl (C=O) groups is 2. The smallest absolute Gasteiger partial charge is 0.329 e. The Hall–Kier alpha value is -2.38. The molecule has 1 aromatic heterocycles. The van der Waals surface area contributed by atoms with E-state index < -0.39 is 22.3 Å². The number of nitrogens with one attached hydrogen (secondary N) is 1. The summed E-state index contributed by atoms with van der Waals surface area (Å²) in [5.74, 6) is -1.82. The number of carbonyl (C=O) groups excluding carboxylic acids is 1. The summed E-state index contributed by atoms with van der Waals surface area (Å²) in [5, 5.41) is 22.0. The second-order valence-corrected chi connectivity index (χ2v) is 4.40. The van der Waals surface area contributed by atoms with Crippen LogP contribution in [0.2, 0.25) is 0 Å². The van der Waals surface area contributed by atoms with Crippen molar-refractivity contribution in [1.82, 2.24) is 9.88 Å². The molecular formula is C11H15N3O5. The first-order valence-electron chi connectivity index (χ1n) is 5.58. The molecule has 1 atom stereocenters. The van der Waals surface area contributed by atoms with Crippen molar-refractivity contribution in [2.24, 2.45) is 7.05 Å². The van der Waals surface area contributed by atoms with Crippen LogP contribution < -0.4 is 5.32 Å². The molecule has 0 saturated heterocycles. The van der Waals surface area contributed by atoms with Crippen LogP contribution in [0.5, 0.6) is 0 Å². The molecule has 0 fully saturated rings. The lowest BCUT2D eigenvalue weighted by Gasteiger charge is -2.24. The van der Waals surface area contributed by atoms with Crippen LogP contribution in [-0.2, 0) is 11.8 Å². The lowest BCUT2D eigenvalue weighted by molar-refractivity contribution is -0.384. The van der Waals surface area contributed by atoms with E-state index in [2.05, 4.69) is 5.32 Å². The van der Waals surface area contributed by atoms with Crippen molar-refractivity contribution in [3.05, 3.63) is 28.1 Å². The Labute approximate surface area is 109 Å². The van der Waals surface area contributed by atoms with Gasteiger partial charge in [-0.1, -0.05) is 6.92 Å². The molecule has 2 N–H and O–H groups in total. The van der Waals surface area contributed by atoms with E-state index in [-0.39, 0.29) is 17.8 Å². The van der Waals surface area contributed by atoms with E-state index in [1.807, 2.05) is 0 Å². The van der Waals surface area contributed by atoms with Crippen molar-refractivity contribution >= 4 is 17.6 Å². The van der Waals surface area contributed by atoms with Gasteiger partial charge in [0.05, 0.1) is 11.1 Å². The number of aliphatic carboxylic acids is 1. The third-order valence-electron chi connectivity index (χ3n) is 3.00. The van der Waals surface area contributed by atoms with Gasteiger partial charge in [0.25, 0.3) is 11.6 Å². The van der Waals surface area contributed by atoms with E-state index in [9.17, 15) is 19.7 Å². The van der Waals surface area contributed by atoms with Crippen molar-refractivity contribution < 1.29 is 19.6 Å². The van der Waals surface area contributed by atoms with E-state index in [0.717, 1.165) is 6.07 Å². The number of carboxylic acid groups (broad SMARTS) is 1. The highest BCUT2D eigenvalue weighted by Gasteiger charge is 2.34. The SMILES string of the molecule is CCC(C)(NC(=O)c1cc([N+](=O)[O-])cn1C)C(=O)O. The van der Waals surface area contributed by atoms with E-state index >= 15 is 0 Å². The number of aryl methyl sites for hydroxylation is 1. The van der Waals surface area contributed by atoms with E-state index in [4.69, 9.17) is 5.11 Å². The quantitative estimate of drug-likeness (QED) is 0.609. The Bertz CT molecular complexity index is 536. The number of amides is 1. The Kier molecular flexibility index (Phi) is 3.93. The summed E-state index contributed by atoms with van der Waals surface area (Å²) in [6, 6.07) is 1.10. The maximum absolute atomic E-state index is 12.0. The Morgan fingerprint density at radius 2 is 2.16 bits per heavy atom. The van der Waals surface area contributed by atoms with Crippen LogP contribution in [-0.4, -0.2) is 32.0 Å². The lowest BCUT2D eigenvalue weighted by Crippen LogP contribution is -2.52. The van der Waals surface area contributed by atoms with Crippen molar-refractivity contribution in [3.63, 3.8) is 0 Å². The van der Waals surface area contributed by atoms with Crippen LogP contribution >= 0.6 is 0 Å². The number of hydrogen-bond acceptors (Lipinski definition) is 4. The molecule has 1 amide bonds. The highest BCUT2D eigenvalue weighted by atomic mass is 16.6. The van der Waals surface area contributed by atoms with Crippen LogP contribution in [0.15, 0.2) is 12.3 Å². The van der Waals surface area contributed by atoms with Crippen LogP contribution in [0.3, 0.4) is 0 Å². The van der Waals surface area contributed by atoms with Gasteiger partial charge in [0, 0.05) is 13.1 Å². The van der Waals surface area contributed by atoms with Crippen molar-refractivity contribution in [1.29, 1.82) is 0 Å². The van der Waals surface area contributed by atoms with Gasteiger partial charge in [0.2, 0.25) is 0 Å². The molecule has 0 radical (unpaired) electrons. The fourth-order valence-electron chi connectivity index (χ4n) is 1.48. The van der Waals surface area contributed by atoms with Crippen molar-refractivity contribution in [2.75, 3.05) is 0 Å². The average molecular weight is 269 g/mol. The largest absolute Gasteiger partial charge is 0.480 e. The minimum atomic E-state index is -1.41. The zero-order chi connectivity index (χ0) is 14.8. The maximum atomic E-state index is 12.0. The van der Waals surface area contributed by atoms with Gasteiger partial charge >= 0.3 is 5.97 Å². The van der Waals surface area contributed by atoms with E-state index in [1.54, 1.807) is 6.92 Å². The standard InChI is InChI=1S/C11H15N3O5/c1-4-11(2,10(16)17)12-9(15)8-5-7(14(18)19)6-13(8)3/h5-6H,4H2,1-3H3,(H,12,15)(H,16,17). The summed E-state index contributed by atoms with van der Waals surface area (Å²) < 4.78 is 1.28. The molecule has 0 spiro atoms. The second-order valence-electron chi connectivity index (χ2n) is 4.40. The Balaban J connectivity index is 3.02. The fourth-order valence-corrected chi connectivity index (χ4v) is 1.48. The third kappa shape index (κ3) is 2.90. The predicted octanol–water partition coefficient (Wildman–Crippen LogP) is 0.916. The fraction of sp³-hybridized carbons (Fsp3) is 0.455. The van der Waals surface area contributed by atoms with E-state index in [0.29, 0.717) is 0 Å². The molecule has 0 saturated carbocycles. The van der Waals surface area contributed by atoms with Crippen LogP contribution in [0, 0.1) is 10.1 Å². The molecule has 8 heteroatoms. The molecule has 0 aromatic carbocycles. The average Bonchev–Trinajstić information content (AvgIpc) is 2.71. The Morgan fingerprint density at radius 1 is 1.58 bits per heavy atom. The minimum Gasteiger partial charge on any atom is -0.480 e. The summed E-state index contributed by atoms with van der Waals surface area (Å²) in [6.45, 7) is 3.01. The van der Waals surface area contributed by atoms with Gasteiger partial charge in [-0.05, 0) is 13.3 Å². The number of nitrogens with zero attached hydrogens (tertiary/aromatic N) is 2. The molecule has 0 aliphatic heterocycles. The van der Waals surface area contributed by atoms with Crippen molar-refractivity contribution in [2.45, 2.75) is 25.8 Å². The van der Waals surface area contributed by atoms with Gasteiger partial charge in [0.15, 0.2) is 0 Å². The zero-order valence-corrected chi connectivity index (χ0v) is 10.8. The number of aromatic nitrogens is 1. The minimum absolute atomic E-state index is 0.0348. The number of nitro groups is 1. The summed E-state index contributed by atoms with van der Waals surface area (Å²) in [7, 11) is 1.48. The Morgan fingerprint density at radius 3 is 2.53 bits per heavy atom. The van der Waals surface area contributed by atoms with Gasteiger partial charge < -0.3 is 15.0 Å². The number of rotatable bonds is 5. The van der Waals surface area contributed by atoms with Gasteiger partial charge in [-0.15, -0.1) is 0 Å². The summed E-state index contributed by atoms with van der Waals surface area (Å²) in [5.41, 5.74) is -1.59. The molecular weight excluding hydrogens is 254 g/mol. The van der Waals surface area contributed by atoms with Crippen LogP contribution in [0.25, 0.3) is 0 Å². The molecule has 1 heterocycles. The predicted molar refractivity (Wildman–Crippen MR) is 65.9 cm³/mol. The highest BCUT2D eigenvalue weighted by molar-refractivity contribution is 5.97. The zero-order valence-electron chi connectivity index (χ0n) is 10.8. The van der Waals surface area contributed by atoms with Gasteiger partial charge in [0.1, 0.15) is 11.2 Å². The molecule has 0 aliphatic rings. The molecule has 0 aliphatic carbocycles. The van der Waals surface area contributed by atoms with E-state index in [1.165, 1.54) is 24.7 Å². The topological polar surface area (TPSA) is 114 Å². The van der Waals surface area contributed by atoms with Crippen LogP contribution in [0.4, 0.5) is 5.69 Å². The molecule has 1 aromatic rings. The normalized spacial score (nSPS) is 13.6. The number of hydrogen-bond donors (Lipinski definition) is 2. The second kappa shape index (κ2) is 5.09. The maximum Gasteiger partial charge on any atom is 0.329 e. The highest BCUT2D eigenvalue weighted by Crippen LogP contribution is 2.17. The summed E-state index contributed by atoms with van der Waals surface area (Å²) in [6.07, 6.45) is 1.39. The first-order chi connectivity index (χ1) is 8.71. The van der Waals surface area contributed by atoms with Gasteiger partial charge in [-0.2, -0.15) is 0 Å². The molecule has 1 rings (SSSR count). The monoisotopic (exact) mass is 269 g/mol. The lowest BCUT2D eigenvalue weighted by atomic mass is 9.99. The summed E-state index contributed by atoms with van der Waals surface area (Å²) >= 11 is 0. The summed E-state index contributed by atoms with van der Waals surface area (Å²) in [4.78, 5) is 33.0. The first-order valence-corrected chi connectivity index (χ1v) is 5.58. The van der Waals surface area contributed by atoms with Gasteiger partial charge in [-0.3, -0.25) is 14.9 Å². The molecule has 19 heavy (non-hydrogen) atoms. The molecule has 8 nitrogen and oxygen atoms in total. The molecule has 0 bridgehead atoms. The van der Waals surface area contributed by atoms with Crippen molar-refractivity contribution in [3.8, 4) is 0 Å².